The third-order valence-electron chi connectivity index (χ3n) is 5.63. The van der Waals surface area contributed by atoms with E-state index in [0.29, 0.717) is 38.2 Å². The third-order valence-corrected chi connectivity index (χ3v) is 5.63. The van der Waals surface area contributed by atoms with Crippen molar-refractivity contribution in [3.63, 3.8) is 0 Å². The van der Waals surface area contributed by atoms with Gasteiger partial charge >= 0.3 is 6.09 Å². The average molecular weight is 457 g/mol. The molecule has 1 aromatic carbocycles. The van der Waals surface area contributed by atoms with Crippen molar-refractivity contribution in [2.24, 2.45) is 17.6 Å². The van der Waals surface area contributed by atoms with Crippen molar-refractivity contribution in [3.8, 4) is 6.07 Å². The molecule has 0 spiro atoms. The van der Waals surface area contributed by atoms with Crippen LogP contribution in [0.5, 0.6) is 0 Å². The van der Waals surface area contributed by atoms with E-state index < -0.39 is 5.91 Å². The van der Waals surface area contributed by atoms with Gasteiger partial charge in [0.25, 0.3) is 5.91 Å². The zero-order chi connectivity index (χ0) is 24.0. The Morgan fingerprint density at radius 2 is 1.97 bits per heavy atom. The molecule has 2 amide bonds. The molecule has 1 aliphatic heterocycles. The zero-order valence-electron chi connectivity index (χ0n) is 18.8. The minimum atomic E-state index is -0.663. The molecule has 9 nitrogen and oxygen atoms in total. The number of halogens is 1. The van der Waals surface area contributed by atoms with Gasteiger partial charge in [0.05, 0.1) is 25.1 Å². The number of carbonyl (C=O) groups is 2. The Hall–Kier alpha value is -3.61. The van der Waals surface area contributed by atoms with Crippen molar-refractivity contribution in [2.45, 2.75) is 39.2 Å². The van der Waals surface area contributed by atoms with Crippen LogP contribution in [0.3, 0.4) is 0 Å². The maximum absolute atomic E-state index is 13.2. The number of nitrogens with zero attached hydrogens (tertiary/aromatic N) is 4. The molecular formula is C23H29FN6O3. The largest absolute Gasteiger partial charge is 0.449 e. The van der Waals surface area contributed by atoms with Gasteiger partial charge in [0.15, 0.2) is 5.82 Å². The van der Waals surface area contributed by atoms with Crippen LogP contribution in [-0.2, 0) is 4.74 Å². The van der Waals surface area contributed by atoms with Gasteiger partial charge < -0.3 is 20.7 Å². The number of carbonyl (C=O) groups excluding carboxylic acids is 2. The number of nitrogens with two attached hydrogens (primary N) is 1. The Morgan fingerprint density at radius 3 is 2.55 bits per heavy atom. The normalized spacial score (nSPS) is 15.2. The first-order valence-electron chi connectivity index (χ1n) is 11.0. The summed E-state index contributed by atoms with van der Waals surface area (Å²) in [5.74, 6) is -0.452. The predicted molar refractivity (Wildman–Crippen MR) is 120 cm³/mol. The molecule has 2 heterocycles. The highest BCUT2D eigenvalue weighted by Crippen LogP contribution is 2.33. The van der Waals surface area contributed by atoms with E-state index in [1.54, 1.807) is 15.8 Å². The molecule has 3 rings (SSSR count). The number of hydrogen-bond donors (Lipinski definition) is 2. The Kier molecular flexibility index (Phi) is 7.87. The van der Waals surface area contributed by atoms with E-state index in [2.05, 4.69) is 16.5 Å². The number of rotatable bonds is 8. The number of anilines is 2. The van der Waals surface area contributed by atoms with Crippen LogP contribution in [0.15, 0.2) is 30.5 Å². The average Bonchev–Trinajstić information content (AvgIpc) is 3.21. The molecule has 0 radical (unpaired) electrons. The van der Waals surface area contributed by atoms with E-state index in [9.17, 15) is 19.2 Å². The lowest BCUT2D eigenvalue weighted by Gasteiger charge is -2.35. The number of nitriles is 1. The van der Waals surface area contributed by atoms with Crippen molar-refractivity contribution < 1.29 is 18.7 Å². The first-order chi connectivity index (χ1) is 15.8. The molecule has 2 aromatic rings. The van der Waals surface area contributed by atoms with Crippen LogP contribution in [0.1, 0.15) is 49.5 Å². The van der Waals surface area contributed by atoms with Gasteiger partial charge in [0.2, 0.25) is 0 Å². The molecule has 1 aromatic heterocycles. The fraction of sp³-hybridized carbons (Fsp3) is 0.478. The Bertz CT molecular complexity index is 1010. The van der Waals surface area contributed by atoms with Gasteiger partial charge in [-0.2, -0.15) is 10.4 Å². The number of aromatic nitrogens is 2. The standard InChI is InChI=1S/C23H29FN6O3/c1-15(2)14-33-23(32)29-11-8-16(9-12-29)20(7-10-25)30-13-19(21(26)31)22(28-30)27-18-5-3-17(24)4-6-18/h3-6,13,15-16,20H,7-9,11-12,14H2,1-2H3,(H2,26,31)(H,27,28)/t20-/m0/s1. The molecule has 10 heteroatoms. The SMILES string of the molecule is CC(C)COC(=O)N1CCC([C@H](CC#N)n2cc(C(N)=O)c(Nc3ccc(F)cc3)n2)CC1. The van der Waals surface area contributed by atoms with E-state index in [-0.39, 0.29) is 47.6 Å². The molecule has 1 aliphatic rings. The van der Waals surface area contributed by atoms with Crippen LogP contribution in [0, 0.1) is 29.0 Å². The van der Waals surface area contributed by atoms with Crippen molar-refractivity contribution in [3.05, 3.63) is 41.8 Å². The minimum absolute atomic E-state index is 0.0816. The number of ether oxygens (including phenoxy) is 1. The quantitative estimate of drug-likeness (QED) is 0.622. The highest BCUT2D eigenvalue weighted by Gasteiger charge is 2.31. The van der Waals surface area contributed by atoms with E-state index in [0.717, 1.165) is 0 Å². The molecule has 176 valence electrons. The first kappa shape index (κ1) is 24.0. The van der Waals surface area contributed by atoms with Crippen LogP contribution in [0.25, 0.3) is 0 Å². The molecule has 1 atom stereocenters. The monoisotopic (exact) mass is 456 g/mol. The van der Waals surface area contributed by atoms with Gasteiger partial charge in [0.1, 0.15) is 11.4 Å². The maximum atomic E-state index is 13.2. The van der Waals surface area contributed by atoms with Gasteiger partial charge in [-0.3, -0.25) is 9.48 Å². The van der Waals surface area contributed by atoms with Crippen molar-refractivity contribution in [2.75, 3.05) is 25.0 Å². The summed E-state index contributed by atoms with van der Waals surface area (Å²) in [6, 6.07) is 7.56. The van der Waals surface area contributed by atoms with Crippen LogP contribution < -0.4 is 11.1 Å². The smallest absolute Gasteiger partial charge is 0.409 e. The van der Waals surface area contributed by atoms with Crippen LogP contribution in [0.4, 0.5) is 20.7 Å². The molecule has 3 N–H and O–H groups in total. The van der Waals surface area contributed by atoms with E-state index in [1.165, 1.54) is 24.3 Å². The first-order valence-corrected chi connectivity index (χ1v) is 11.0. The molecule has 0 aliphatic carbocycles. The predicted octanol–water partition coefficient (Wildman–Crippen LogP) is 3.82. The summed E-state index contributed by atoms with van der Waals surface area (Å²) in [6.45, 7) is 5.39. The number of hydrogen-bond acceptors (Lipinski definition) is 6. The maximum Gasteiger partial charge on any atom is 0.409 e. The number of piperidine rings is 1. The summed E-state index contributed by atoms with van der Waals surface area (Å²) in [6.07, 6.45) is 2.77. The lowest BCUT2D eigenvalue weighted by atomic mass is 9.88. The highest BCUT2D eigenvalue weighted by molar-refractivity contribution is 5.98. The van der Waals surface area contributed by atoms with Gasteiger partial charge in [-0.15, -0.1) is 0 Å². The van der Waals surface area contributed by atoms with E-state index >= 15 is 0 Å². The minimum Gasteiger partial charge on any atom is -0.449 e. The summed E-state index contributed by atoms with van der Waals surface area (Å²) in [5, 5.41) is 16.9. The summed E-state index contributed by atoms with van der Waals surface area (Å²) >= 11 is 0. The summed E-state index contributed by atoms with van der Waals surface area (Å²) in [5.41, 5.74) is 6.27. The second-order valence-corrected chi connectivity index (χ2v) is 8.59. The number of amides is 2. The van der Waals surface area contributed by atoms with Gasteiger partial charge in [-0.1, -0.05) is 13.8 Å². The molecule has 1 fully saturated rings. The van der Waals surface area contributed by atoms with Crippen molar-refractivity contribution in [1.82, 2.24) is 14.7 Å². The summed E-state index contributed by atoms with van der Waals surface area (Å²) < 4.78 is 20.1. The van der Waals surface area contributed by atoms with Gasteiger partial charge in [0, 0.05) is 25.0 Å². The lowest BCUT2D eigenvalue weighted by molar-refractivity contribution is 0.0727. The van der Waals surface area contributed by atoms with Crippen LogP contribution in [-0.4, -0.2) is 46.4 Å². The van der Waals surface area contributed by atoms with Crippen LogP contribution >= 0.6 is 0 Å². The fourth-order valence-corrected chi connectivity index (χ4v) is 3.87. The molecule has 0 bridgehead atoms. The number of benzene rings is 1. The molecule has 1 saturated heterocycles. The molecular weight excluding hydrogens is 427 g/mol. The zero-order valence-corrected chi connectivity index (χ0v) is 18.8. The lowest BCUT2D eigenvalue weighted by Crippen LogP contribution is -2.41. The van der Waals surface area contributed by atoms with E-state index in [1.807, 2.05) is 13.8 Å². The number of primary amides is 1. The van der Waals surface area contributed by atoms with Gasteiger partial charge in [-0.25, -0.2) is 9.18 Å². The summed E-state index contributed by atoms with van der Waals surface area (Å²) in [4.78, 5) is 25.9. The van der Waals surface area contributed by atoms with Crippen molar-refractivity contribution >= 4 is 23.5 Å². The molecule has 0 saturated carbocycles. The van der Waals surface area contributed by atoms with E-state index in [4.69, 9.17) is 10.5 Å². The molecule has 33 heavy (non-hydrogen) atoms. The highest BCUT2D eigenvalue weighted by atomic mass is 19.1. The van der Waals surface area contributed by atoms with Gasteiger partial charge in [-0.05, 0) is 48.9 Å². The summed E-state index contributed by atoms with van der Waals surface area (Å²) in [7, 11) is 0. The second-order valence-electron chi connectivity index (χ2n) is 8.59. The fourth-order valence-electron chi connectivity index (χ4n) is 3.87. The second kappa shape index (κ2) is 10.8. The Balaban J connectivity index is 1.74. The Morgan fingerprint density at radius 1 is 1.30 bits per heavy atom. The van der Waals surface area contributed by atoms with Crippen LogP contribution in [0.2, 0.25) is 0 Å². The third kappa shape index (κ3) is 6.22. The molecule has 0 unspecified atom stereocenters. The Labute approximate surface area is 192 Å². The number of nitrogens with one attached hydrogen (secondary N) is 1. The topological polar surface area (TPSA) is 126 Å². The van der Waals surface area contributed by atoms with Crippen molar-refractivity contribution in [1.29, 1.82) is 5.26 Å². The number of likely N-dealkylation sites (tertiary alicyclic amines) is 1.